The number of H-pyrrole nitrogens is 1. The molecule has 2 aromatic carbocycles. The van der Waals surface area contributed by atoms with Gasteiger partial charge in [-0.1, -0.05) is 34.1 Å². The predicted molar refractivity (Wildman–Crippen MR) is 114 cm³/mol. The summed E-state index contributed by atoms with van der Waals surface area (Å²) in [6.07, 6.45) is 0. The molecule has 0 fully saturated rings. The number of phenols is 1. The van der Waals surface area contributed by atoms with Crippen LogP contribution >= 0.6 is 15.9 Å². The molecule has 0 spiro atoms. The van der Waals surface area contributed by atoms with Crippen molar-refractivity contribution < 1.29 is 14.6 Å². The standard InChI is InChI=1S/C22H22BrN3O3/c1-12-10-13(2)17(16(27)11-12)19-18-20(25-24-19)22(28)26(8-9-29-3)21(18)14-4-6-15(23)7-5-14/h4-7,10-11,21,27H,8-9H2,1-3H3,(H,24,25). The fourth-order valence-electron chi connectivity index (χ4n) is 4.05. The summed E-state index contributed by atoms with van der Waals surface area (Å²) in [6, 6.07) is 11.3. The molecule has 1 aromatic heterocycles. The summed E-state index contributed by atoms with van der Waals surface area (Å²) in [5.74, 6) is 0.0436. The van der Waals surface area contributed by atoms with E-state index in [0.717, 1.165) is 26.7 Å². The second kappa shape index (κ2) is 7.65. The third-order valence-corrected chi connectivity index (χ3v) is 5.81. The first kappa shape index (κ1) is 19.7. The Morgan fingerprint density at radius 1 is 1.24 bits per heavy atom. The minimum absolute atomic E-state index is 0.118. The van der Waals surface area contributed by atoms with Gasteiger partial charge in [0.1, 0.15) is 17.1 Å². The number of ether oxygens (including phenoxy) is 1. The van der Waals surface area contributed by atoms with E-state index in [1.165, 1.54) is 0 Å². The third kappa shape index (κ3) is 3.34. The van der Waals surface area contributed by atoms with Crippen molar-refractivity contribution in [3.8, 4) is 17.0 Å². The van der Waals surface area contributed by atoms with E-state index in [0.29, 0.717) is 30.1 Å². The molecule has 3 aromatic rings. The maximum absolute atomic E-state index is 13.1. The normalized spacial score (nSPS) is 15.8. The lowest BCUT2D eigenvalue weighted by molar-refractivity contribution is 0.0677. The highest BCUT2D eigenvalue weighted by Crippen LogP contribution is 2.45. The van der Waals surface area contributed by atoms with E-state index in [4.69, 9.17) is 4.74 Å². The molecule has 150 valence electrons. The number of aryl methyl sites for hydroxylation is 2. The number of aromatic nitrogens is 2. The number of halogens is 1. The predicted octanol–water partition coefficient (Wildman–Crippen LogP) is 4.35. The summed E-state index contributed by atoms with van der Waals surface area (Å²) >= 11 is 3.47. The van der Waals surface area contributed by atoms with Crippen LogP contribution in [0.25, 0.3) is 11.3 Å². The van der Waals surface area contributed by atoms with Crippen LogP contribution in [0, 0.1) is 13.8 Å². The molecular weight excluding hydrogens is 434 g/mol. The van der Waals surface area contributed by atoms with Gasteiger partial charge in [-0.2, -0.15) is 5.10 Å². The van der Waals surface area contributed by atoms with Gasteiger partial charge in [-0.25, -0.2) is 0 Å². The number of hydrogen-bond donors (Lipinski definition) is 2. The van der Waals surface area contributed by atoms with Crippen molar-refractivity contribution >= 4 is 21.8 Å². The zero-order chi connectivity index (χ0) is 20.7. The topological polar surface area (TPSA) is 78.5 Å². The lowest BCUT2D eigenvalue weighted by Crippen LogP contribution is -2.32. The zero-order valence-corrected chi connectivity index (χ0v) is 18.1. The number of phenolic OH excluding ortho intramolecular Hbond substituents is 1. The maximum Gasteiger partial charge on any atom is 0.273 e. The van der Waals surface area contributed by atoms with Crippen molar-refractivity contribution in [2.75, 3.05) is 20.3 Å². The summed E-state index contributed by atoms with van der Waals surface area (Å²) in [6.45, 7) is 4.76. The van der Waals surface area contributed by atoms with Crippen LogP contribution in [0.15, 0.2) is 40.9 Å². The Bertz CT molecular complexity index is 1050. The molecule has 0 saturated heterocycles. The average Bonchev–Trinajstić information content (AvgIpc) is 3.20. The first-order valence-electron chi connectivity index (χ1n) is 9.36. The van der Waals surface area contributed by atoms with E-state index in [1.807, 2.05) is 44.2 Å². The summed E-state index contributed by atoms with van der Waals surface area (Å²) in [5, 5.41) is 18.0. The van der Waals surface area contributed by atoms with Gasteiger partial charge in [0, 0.05) is 29.3 Å². The first-order chi connectivity index (χ1) is 13.9. The zero-order valence-electron chi connectivity index (χ0n) is 16.5. The van der Waals surface area contributed by atoms with Gasteiger partial charge in [0.2, 0.25) is 0 Å². The minimum Gasteiger partial charge on any atom is -0.507 e. The number of amides is 1. The Labute approximate surface area is 177 Å². The number of carbonyl (C=O) groups is 1. The Kier molecular flexibility index (Phi) is 5.19. The summed E-state index contributed by atoms with van der Waals surface area (Å²) < 4.78 is 6.20. The molecule has 2 heterocycles. The molecule has 6 nitrogen and oxygen atoms in total. The Hall–Kier alpha value is -2.64. The number of benzene rings is 2. The van der Waals surface area contributed by atoms with Crippen LogP contribution in [0.2, 0.25) is 0 Å². The number of aromatic amines is 1. The molecule has 1 aliphatic rings. The summed E-state index contributed by atoms with van der Waals surface area (Å²) in [5.41, 5.74) is 5.36. The molecule has 1 amide bonds. The Balaban J connectivity index is 1.91. The second-order valence-electron chi connectivity index (χ2n) is 7.28. The Morgan fingerprint density at radius 3 is 2.62 bits per heavy atom. The second-order valence-corrected chi connectivity index (χ2v) is 8.20. The van der Waals surface area contributed by atoms with Gasteiger partial charge in [-0.05, 0) is 48.7 Å². The van der Waals surface area contributed by atoms with Crippen LogP contribution in [-0.4, -0.2) is 46.4 Å². The van der Waals surface area contributed by atoms with E-state index in [9.17, 15) is 9.90 Å². The molecular formula is C22H22BrN3O3. The Morgan fingerprint density at radius 2 is 1.97 bits per heavy atom. The molecule has 0 saturated carbocycles. The smallest absolute Gasteiger partial charge is 0.273 e. The summed E-state index contributed by atoms with van der Waals surface area (Å²) in [4.78, 5) is 14.9. The minimum atomic E-state index is -0.311. The van der Waals surface area contributed by atoms with Gasteiger partial charge in [0.05, 0.1) is 12.6 Å². The van der Waals surface area contributed by atoms with Crippen molar-refractivity contribution in [3.63, 3.8) is 0 Å². The van der Waals surface area contributed by atoms with E-state index in [-0.39, 0.29) is 17.7 Å². The molecule has 7 heteroatoms. The number of methoxy groups -OCH3 is 1. The van der Waals surface area contributed by atoms with Gasteiger partial charge in [-0.3, -0.25) is 9.89 Å². The SMILES string of the molecule is COCCN1C(=O)c2[nH]nc(-c3c(C)cc(C)cc3O)c2C1c1ccc(Br)cc1. The third-order valence-electron chi connectivity index (χ3n) is 5.28. The first-order valence-corrected chi connectivity index (χ1v) is 10.2. The molecule has 1 aliphatic heterocycles. The molecule has 0 radical (unpaired) electrons. The average molecular weight is 456 g/mol. The number of aromatic hydroxyl groups is 1. The van der Waals surface area contributed by atoms with Gasteiger partial charge in [0.15, 0.2) is 0 Å². The molecule has 2 N–H and O–H groups in total. The van der Waals surface area contributed by atoms with Gasteiger partial charge in [0.25, 0.3) is 5.91 Å². The van der Waals surface area contributed by atoms with Crippen LogP contribution in [0.1, 0.15) is 38.8 Å². The van der Waals surface area contributed by atoms with E-state index in [1.54, 1.807) is 18.1 Å². The number of nitrogens with one attached hydrogen (secondary N) is 1. The van der Waals surface area contributed by atoms with Gasteiger partial charge >= 0.3 is 0 Å². The van der Waals surface area contributed by atoms with E-state index in [2.05, 4.69) is 26.1 Å². The van der Waals surface area contributed by atoms with Crippen molar-refractivity contribution in [1.82, 2.24) is 15.1 Å². The fourth-order valence-corrected chi connectivity index (χ4v) is 4.32. The molecule has 0 aliphatic carbocycles. The highest BCUT2D eigenvalue weighted by atomic mass is 79.9. The van der Waals surface area contributed by atoms with Crippen molar-refractivity contribution in [2.24, 2.45) is 0 Å². The number of rotatable bonds is 5. The van der Waals surface area contributed by atoms with Crippen LogP contribution in [0.3, 0.4) is 0 Å². The fraction of sp³-hybridized carbons (Fsp3) is 0.273. The lowest BCUT2D eigenvalue weighted by Gasteiger charge is -2.26. The van der Waals surface area contributed by atoms with Crippen molar-refractivity contribution in [3.05, 3.63) is 68.8 Å². The van der Waals surface area contributed by atoms with Crippen LogP contribution in [0.4, 0.5) is 0 Å². The molecule has 29 heavy (non-hydrogen) atoms. The maximum atomic E-state index is 13.1. The van der Waals surface area contributed by atoms with Crippen LogP contribution < -0.4 is 0 Å². The summed E-state index contributed by atoms with van der Waals surface area (Å²) in [7, 11) is 1.62. The monoisotopic (exact) mass is 455 g/mol. The highest BCUT2D eigenvalue weighted by Gasteiger charge is 2.42. The van der Waals surface area contributed by atoms with Crippen LogP contribution in [-0.2, 0) is 4.74 Å². The number of hydrogen-bond acceptors (Lipinski definition) is 4. The lowest BCUT2D eigenvalue weighted by atomic mass is 9.93. The number of nitrogens with zero attached hydrogens (tertiary/aromatic N) is 2. The van der Waals surface area contributed by atoms with Gasteiger partial charge in [-0.15, -0.1) is 0 Å². The molecule has 1 unspecified atom stereocenters. The highest BCUT2D eigenvalue weighted by molar-refractivity contribution is 9.10. The number of fused-ring (bicyclic) bond motifs is 1. The van der Waals surface area contributed by atoms with Crippen LogP contribution in [0.5, 0.6) is 5.75 Å². The molecule has 4 rings (SSSR count). The largest absolute Gasteiger partial charge is 0.507 e. The van der Waals surface area contributed by atoms with E-state index < -0.39 is 0 Å². The quantitative estimate of drug-likeness (QED) is 0.599. The van der Waals surface area contributed by atoms with E-state index >= 15 is 0 Å². The number of carbonyl (C=O) groups excluding carboxylic acids is 1. The van der Waals surface area contributed by atoms with Gasteiger partial charge < -0.3 is 14.7 Å². The van der Waals surface area contributed by atoms with Crippen molar-refractivity contribution in [2.45, 2.75) is 19.9 Å². The molecule has 0 bridgehead atoms. The van der Waals surface area contributed by atoms with Crippen molar-refractivity contribution in [1.29, 1.82) is 0 Å². The molecule has 1 atom stereocenters.